The standard InChI is InChI=1S/C14H10BrNO4/c15-13-7-2-1-4-11(13)9-20-14(17)10-5-3-6-12(8-10)16(18)19/h1-8H,9H2. The monoisotopic (exact) mass is 335 g/mol. The maximum Gasteiger partial charge on any atom is 0.338 e. The highest BCUT2D eigenvalue weighted by molar-refractivity contribution is 9.10. The number of ether oxygens (including phenoxy) is 1. The summed E-state index contributed by atoms with van der Waals surface area (Å²) in [6.45, 7) is 0.100. The fourth-order valence-corrected chi connectivity index (χ4v) is 1.99. The maximum atomic E-state index is 11.8. The Morgan fingerprint density at radius 3 is 2.65 bits per heavy atom. The molecule has 0 aliphatic heterocycles. The summed E-state index contributed by atoms with van der Waals surface area (Å²) in [4.78, 5) is 21.9. The first-order chi connectivity index (χ1) is 9.58. The van der Waals surface area contributed by atoms with Crippen molar-refractivity contribution in [2.75, 3.05) is 0 Å². The van der Waals surface area contributed by atoms with Crippen LogP contribution in [0.2, 0.25) is 0 Å². The Bertz CT molecular complexity index is 657. The average Bonchev–Trinajstić information content (AvgIpc) is 2.46. The van der Waals surface area contributed by atoms with Gasteiger partial charge in [0.1, 0.15) is 6.61 Å². The second-order valence-corrected chi connectivity index (χ2v) is 4.83. The van der Waals surface area contributed by atoms with E-state index in [0.717, 1.165) is 10.0 Å². The molecule has 0 saturated carbocycles. The van der Waals surface area contributed by atoms with Gasteiger partial charge in [-0.3, -0.25) is 10.1 Å². The van der Waals surface area contributed by atoms with Crippen LogP contribution in [0.25, 0.3) is 0 Å². The molecule has 102 valence electrons. The van der Waals surface area contributed by atoms with Gasteiger partial charge in [-0.25, -0.2) is 4.79 Å². The van der Waals surface area contributed by atoms with Crippen LogP contribution in [0.4, 0.5) is 5.69 Å². The first kappa shape index (κ1) is 14.2. The van der Waals surface area contributed by atoms with Gasteiger partial charge in [-0.1, -0.05) is 40.2 Å². The van der Waals surface area contributed by atoms with Crippen molar-refractivity contribution in [3.8, 4) is 0 Å². The molecule has 0 amide bonds. The summed E-state index contributed by atoms with van der Waals surface area (Å²) in [6, 6.07) is 12.8. The van der Waals surface area contributed by atoms with Crippen LogP contribution in [-0.4, -0.2) is 10.9 Å². The summed E-state index contributed by atoms with van der Waals surface area (Å²) in [5.41, 5.74) is 0.845. The highest BCUT2D eigenvalue weighted by Gasteiger charge is 2.13. The number of nitro benzene ring substituents is 1. The summed E-state index contributed by atoms with van der Waals surface area (Å²) >= 11 is 3.35. The molecule has 5 nitrogen and oxygen atoms in total. The number of nitrogens with zero attached hydrogens (tertiary/aromatic N) is 1. The van der Waals surface area contributed by atoms with Gasteiger partial charge in [0.2, 0.25) is 0 Å². The molecule has 0 atom stereocenters. The van der Waals surface area contributed by atoms with E-state index in [4.69, 9.17) is 4.74 Å². The molecule has 0 aliphatic rings. The lowest BCUT2D eigenvalue weighted by Gasteiger charge is -2.06. The SMILES string of the molecule is O=C(OCc1ccccc1Br)c1cccc([N+](=O)[O-])c1. The van der Waals surface area contributed by atoms with E-state index < -0.39 is 10.9 Å². The van der Waals surface area contributed by atoms with Crippen molar-refractivity contribution < 1.29 is 14.5 Å². The molecule has 0 fully saturated rings. The van der Waals surface area contributed by atoms with E-state index in [1.165, 1.54) is 24.3 Å². The molecule has 0 radical (unpaired) electrons. The highest BCUT2D eigenvalue weighted by atomic mass is 79.9. The number of hydrogen-bond acceptors (Lipinski definition) is 4. The second-order valence-electron chi connectivity index (χ2n) is 3.97. The van der Waals surface area contributed by atoms with Gasteiger partial charge in [0.25, 0.3) is 5.69 Å². The van der Waals surface area contributed by atoms with E-state index in [9.17, 15) is 14.9 Å². The first-order valence-electron chi connectivity index (χ1n) is 5.73. The Morgan fingerprint density at radius 2 is 1.95 bits per heavy atom. The minimum Gasteiger partial charge on any atom is -0.457 e. The van der Waals surface area contributed by atoms with Crippen LogP contribution in [0.3, 0.4) is 0 Å². The molecule has 2 aromatic carbocycles. The van der Waals surface area contributed by atoms with Gasteiger partial charge in [-0.05, 0) is 12.1 Å². The van der Waals surface area contributed by atoms with Crippen molar-refractivity contribution in [2.45, 2.75) is 6.61 Å². The van der Waals surface area contributed by atoms with Crippen molar-refractivity contribution >= 4 is 27.6 Å². The minimum atomic E-state index is -0.593. The van der Waals surface area contributed by atoms with E-state index in [1.807, 2.05) is 24.3 Å². The Hall–Kier alpha value is -2.21. The predicted molar refractivity (Wildman–Crippen MR) is 76.4 cm³/mol. The molecule has 0 saturated heterocycles. The molecule has 0 unspecified atom stereocenters. The number of nitro groups is 1. The zero-order valence-electron chi connectivity index (χ0n) is 10.3. The Kier molecular flexibility index (Phi) is 4.47. The van der Waals surface area contributed by atoms with E-state index in [2.05, 4.69) is 15.9 Å². The number of hydrogen-bond donors (Lipinski definition) is 0. The number of esters is 1. The van der Waals surface area contributed by atoms with Crippen LogP contribution in [0.15, 0.2) is 53.0 Å². The number of non-ortho nitro benzene ring substituents is 1. The first-order valence-corrected chi connectivity index (χ1v) is 6.52. The van der Waals surface area contributed by atoms with Gasteiger partial charge in [-0.2, -0.15) is 0 Å². The molecule has 6 heteroatoms. The van der Waals surface area contributed by atoms with Crippen molar-refractivity contribution in [1.29, 1.82) is 0 Å². The molecular formula is C14H10BrNO4. The number of carbonyl (C=O) groups excluding carboxylic acids is 1. The Balaban J connectivity index is 2.07. The van der Waals surface area contributed by atoms with Gasteiger partial charge in [0.15, 0.2) is 0 Å². The second kappa shape index (κ2) is 6.29. The number of benzene rings is 2. The van der Waals surface area contributed by atoms with Gasteiger partial charge < -0.3 is 4.74 Å². The fourth-order valence-electron chi connectivity index (χ4n) is 1.59. The van der Waals surface area contributed by atoms with Crippen molar-refractivity contribution in [3.63, 3.8) is 0 Å². The van der Waals surface area contributed by atoms with Crippen LogP contribution in [0, 0.1) is 10.1 Å². The third-order valence-electron chi connectivity index (χ3n) is 2.61. The summed E-state index contributed by atoms with van der Waals surface area (Å²) in [6.07, 6.45) is 0. The molecule has 0 spiro atoms. The van der Waals surface area contributed by atoms with Crippen LogP contribution in [0.5, 0.6) is 0 Å². The summed E-state index contributed by atoms with van der Waals surface area (Å²) in [7, 11) is 0. The lowest BCUT2D eigenvalue weighted by Crippen LogP contribution is -2.06. The molecule has 0 aliphatic carbocycles. The van der Waals surface area contributed by atoms with Crippen molar-refractivity contribution in [2.24, 2.45) is 0 Å². The highest BCUT2D eigenvalue weighted by Crippen LogP contribution is 2.18. The van der Waals surface area contributed by atoms with Gasteiger partial charge in [0, 0.05) is 22.2 Å². The molecule has 0 aromatic heterocycles. The van der Waals surface area contributed by atoms with Crippen molar-refractivity contribution in [3.05, 3.63) is 74.2 Å². The minimum absolute atomic E-state index is 0.100. The van der Waals surface area contributed by atoms with Gasteiger partial charge in [0.05, 0.1) is 10.5 Å². The molecule has 2 rings (SSSR count). The smallest absolute Gasteiger partial charge is 0.338 e. The predicted octanol–water partition coefficient (Wildman–Crippen LogP) is 3.71. The number of rotatable bonds is 4. The summed E-state index contributed by atoms with van der Waals surface area (Å²) < 4.78 is 5.98. The van der Waals surface area contributed by atoms with E-state index in [0.29, 0.717) is 0 Å². The number of halogens is 1. The topological polar surface area (TPSA) is 69.4 Å². The molecule has 0 N–H and O–H groups in total. The summed E-state index contributed by atoms with van der Waals surface area (Å²) in [5, 5.41) is 10.6. The molecule has 0 heterocycles. The molecular weight excluding hydrogens is 326 g/mol. The molecule has 0 bridgehead atoms. The van der Waals surface area contributed by atoms with Crippen LogP contribution < -0.4 is 0 Å². The third-order valence-corrected chi connectivity index (χ3v) is 3.38. The Morgan fingerprint density at radius 1 is 1.20 bits per heavy atom. The van der Waals surface area contributed by atoms with Crippen LogP contribution in [-0.2, 0) is 11.3 Å². The molecule has 2 aromatic rings. The van der Waals surface area contributed by atoms with E-state index in [-0.39, 0.29) is 17.9 Å². The van der Waals surface area contributed by atoms with Crippen LogP contribution in [0.1, 0.15) is 15.9 Å². The maximum absolute atomic E-state index is 11.8. The van der Waals surface area contributed by atoms with Gasteiger partial charge in [-0.15, -0.1) is 0 Å². The molecule has 20 heavy (non-hydrogen) atoms. The van der Waals surface area contributed by atoms with E-state index in [1.54, 1.807) is 0 Å². The lowest BCUT2D eigenvalue weighted by atomic mass is 10.2. The van der Waals surface area contributed by atoms with Crippen molar-refractivity contribution in [1.82, 2.24) is 0 Å². The third kappa shape index (κ3) is 3.42. The quantitative estimate of drug-likeness (QED) is 0.485. The fraction of sp³-hybridized carbons (Fsp3) is 0.0714. The lowest BCUT2D eigenvalue weighted by molar-refractivity contribution is -0.384. The normalized spacial score (nSPS) is 10.1. The summed E-state index contributed by atoms with van der Waals surface area (Å²) in [5.74, 6) is -0.593. The largest absolute Gasteiger partial charge is 0.457 e. The number of carbonyl (C=O) groups is 1. The Labute approximate surface area is 123 Å². The zero-order valence-corrected chi connectivity index (χ0v) is 11.9. The average molecular weight is 336 g/mol. The van der Waals surface area contributed by atoms with Crippen LogP contribution >= 0.6 is 15.9 Å². The van der Waals surface area contributed by atoms with E-state index >= 15 is 0 Å². The van der Waals surface area contributed by atoms with Gasteiger partial charge >= 0.3 is 5.97 Å². The zero-order chi connectivity index (χ0) is 14.5.